The average Bonchev–Trinajstić information content (AvgIpc) is 2.80. The molecule has 1 heterocycles. The molecule has 0 saturated heterocycles. The maximum Gasteiger partial charge on any atom is 0.337 e. The van der Waals surface area contributed by atoms with Crippen molar-refractivity contribution in [3.05, 3.63) is 94.3 Å². The Kier molecular flexibility index (Phi) is 5.45. The third kappa shape index (κ3) is 4.00. The number of carbonyl (C=O) groups is 1. The number of fused-ring (bicyclic) bond motifs is 1. The summed E-state index contributed by atoms with van der Waals surface area (Å²) in [7, 11) is 2.91. The number of ether oxygens (including phenoxy) is 2. The number of esters is 1. The second-order valence-corrected chi connectivity index (χ2v) is 7.10. The smallest absolute Gasteiger partial charge is 0.337 e. The molecule has 0 atom stereocenters. The molecule has 1 aromatic heterocycles. The Morgan fingerprint density at radius 3 is 2.42 bits per heavy atom. The minimum absolute atomic E-state index is 0.133. The molecule has 0 spiro atoms. The predicted molar refractivity (Wildman–Crippen MR) is 119 cm³/mol. The molecule has 0 fully saturated rings. The van der Waals surface area contributed by atoms with E-state index in [0.29, 0.717) is 23.4 Å². The van der Waals surface area contributed by atoms with Crippen molar-refractivity contribution in [2.75, 3.05) is 14.2 Å². The van der Waals surface area contributed by atoms with Crippen LogP contribution >= 0.6 is 0 Å². The van der Waals surface area contributed by atoms with E-state index in [9.17, 15) is 14.7 Å². The molecular formula is C25H21NO5. The van der Waals surface area contributed by atoms with Crippen molar-refractivity contribution in [2.24, 2.45) is 0 Å². The summed E-state index contributed by atoms with van der Waals surface area (Å²) in [6.07, 6.45) is 0. The fourth-order valence-corrected chi connectivity index (χ4v) is 3.61. The van der Waals surface area contributed by atoms with Crippen molar-refractivity contribution in [1.82, 2.24) is 4.57 Å². The van der Waals surface area contributed by atoms with Crippen LogP contribution in [0.3, 0.4) is 0 Å². The van der Waals surface area contributed by atoms with Gasteiger partial charge in [-0.2, -0.15) is 0 Å². The Bertz CT molecular complexity index is 1320. The molecular weight excluding hydrogens is 394 g/mol. The SMILES string of the molecule is COC(=O)c1ccc(Cn2c(=O)cc(-c3cccc(O)c3)c3ccc(OC)cc32)cc1. The molecule has 156 valence electrons. The Morgan fingerprint density at radius 1 is 0.968 bits per heavy atom. The molecule has 0 saturated carbocycles. The highest BCUT2D eigenvalue weighted by molar-refractivity contribution is 5.95. The summed E-state index contributed by atoms with van der Waals surface area (Å²) in [6, 6.07) is 20.9. The van der Waals surface area contributed by atoms with Crippen molar-refractivity contribution in [3.8, 4) is 22.6 Å². The van der Waals surface area contributed by atoms with E-state index in [-0.39, 0.29) is 11.3 Å². The van der Waals surface area contributed by atoms with Gasteiger partial charge in [0, 0.05) is 17.5 Å². The highest BCUT2D eigenvalue weighted by Gasteiger charge is 2.13. The minimum Gasteiger partial charge on any atom is -0.508 e. The Balaban J connectivity index is 1.86. The van der Waals surface area contributed by atoms with E-state index in [1.807, 2.05) is 24.3 Å². The van der Waals surface area contributed by atoms with Gasteiger partial charge >= 0.3 is 5.97 Å². The third-order valence-electron chi connectivity index (χ3n) is 5.19. The van der Waals surface area contributed by atoms with Crippen LogP contribution in [0.4, 0.5) is 0 Å². The van der Waals surface area contributed by atoms with Crippen LogP contribution in [-0.2, 0) is 11.3 Å². The lowest BCUT2D eigenvalue weighted by Gasteiger charge is -2.15. The van der Waals surface area contributed by atoms with Crippen molar-refractivity contribution in [2.45, 2.75) is 6.54 Å². The van der Waals surface area contributed by atoms with E-state index in [0.717, 1.165) is 22.1 Å². The topological polar surface area (TPSA) is 77.8 Å². The van der Waals surface area contributed by atoms with Crippen LogP contribution in [0.25, 0.3) is 22.0 Å². The summed E-state index contributed by atoms with van der Waals surface area (Å²) in [5.74, 6) is 0.359. The first kappa shape index (κ1) is 20.2. The Hall–Kier alpha value is -4.06. The van der Waals surface area contributed by atoms with Crippen LogP contribution in [0.15, 0.2) is 77.6 Å². The highest BCUT2D eigenvalue weighted by atomic mass is 16.5. The first-order valence-electron chi connectivity index (χ1n) is 9.68. The first-order chi connectivity index (χ1) is 15.0. The van der Waals surface area contributed by atoms with Gasteiger partial charge in [-0.3, -0.25) is 4.79 Å². The third-order valence-corrected chi connectivity index (χ3v) is 5.19. The van der Waals surface area contributed by atoms with Crippen molar-refractivity contribution in [3.63, 3.8) is 0 Å². The Labute approximate surface area is 178 Å². The number of rotatable bonds is 5. The van der Waals surface area contributed by atoms with Crippen molar-refractivity contribution >= 4 is 16.9 Å². The number of benzene rings is 3. The molecule has 4 aromatic rings. The number of hydrogen-bond acceptors (Lipinski definition) is 5. The molecule has 0 radical (unpaired) electrons. The largest absolute Gasteiger partial charge is 0.508 e. The molecule has 4 rings (SSSR count). The number of phenolic OH excluding ortho intramolecular Hbond substituents is 1. The molecule has 0 bridgehead atoms. The monoisotopic (exact) mass is 415 g/mol. The summed E-state index contributed by atoms with van der Waals surface area (Å²) >= 11 is 0. The summed E-state index contributed by atoms with van der Waals surface area (Å²) in [4.78, 5) is 24.8. The van der Waals surface area contributed by atoms with Crippen LogP contribution in [-0.4, -0.2) is 29.9 Å². The standard InChI is InChI=1S/C25H21NO5/c1-30-20-10-11-21-22(18-4-3-5-19(27)12-18)14-24(28)26(23(21)13-20)15-16-6-8-17(9-7-16)25(29)31-2/h3-14,27H,15H2,1-2H3. The average molecular weight is 415 g/mol. The lowest BCUT2D eigenvalue weighted by atomic mass is 10.0. The van der Waals surface area contributed by atoms with Gasteiger partial charge in [-0.25, -0.2) is 4.79 Å². The summed E-state index contributed by atoms with van der Waals surface area (Å²) in [5, 5.41) is 10.7. The van der Waals surface area contributed by atoms with E-state index in [4.69, 9.17) is 9.47 Å². The van der Waals surface area contributed by atoms with Crippen LogP contribution < -0.4 is 10.3 Å². The number of nitrogens with zero attached hydrogens (tertiary/aromatic N) is 1. The van der Waals surface area contributed by atoms with Gasteiger partial charge in [0.1, 0.15) is 11.5 Å². The molecule has 1 N–H and O–H groups in total. The van der Waals surface area contributed by atoms with Crippen LogP contribution in [0.2, 0.25) is 0 Å². The number of pyridine rings is 1. The first-order valence-corrected chi connectivity index (χ1v) is 9.68. The van der Waals surface area contributed by atoms with Gasteiger partial charge in [0.25, 0.3) is 5.56 Å². The predicted octanol–water partition coefficient (Wildman–Crippen LogP) is 4.22. The normalized spacial score (nSPS) is 10.8. The zero-order valence-electron chi connectivity index (χ0n) is 17.2. The second-order valence-electron chi connectivity index (χ2n) is 7.10. The number of aromatic nitrogens is 1. The molecule has 31 heavy (non-hydrogen) atoms. The van der Waals surface area contributed by atoms with Crippen LogP contribution in [0, 0.1) is 0 Å². The minimum atomic E-state index is -0.408. The molecule has 3 aromatic carbocycles. The van der Waals surface area contributed by atoms with E-state index >= 15 is 0 Å². The van der Waals surface area contributed by atoms with Gasteiger partial charge in [-0.15, -0.1) is 0 Å². The zero-order chi connectivity index (χ0) is 22.0. The van der Waals surface area contributed by atoms with Crippen molar-refractivity contribution in [1.29, 1.82) is 0 Å². The number of phenols is 1. The van der Waals surface area contributed by atoms with Gasteiger partial charge in [0.05, 0.1) is 31.8 Å². The van der Waals surface area contributed by atoms with Gasteiger partial charge < -0.3 is 19.1 Å². The van der Waals surface area contributed by atoms with Gasteiger partial charge in [0.15, 0.2) is 0 Å². The van der Waals surface area contributed by atoms with Crippen LogP contribution in [0.5, 0.6) is 11.5 Å². The number of carbonyl (C=O) groups excluding carboxylic acids is 1. The quantitative estimate of drug-likeness (QED) is 0.494. The van der Waals surface area contributed by atoms with E-state index in [2.05, 4.69) is 0 Å². The highest BCUT2D eigenvalue weighted by Crippen LogP contribution is 2.31. The van der Waals surface area contributed by atoms with E-state index in [1.165, 1.54) is 7.11 Å². The molecule has 0 amide bonds. The van der Waals surface area contributed by atoms with Crippen LogP contribution in [0.1, 0.15) is 15.9 Å². The summed E-state index contributed by atoms with van der Waals surface area (Å²) < 4.78 is 11.8. The molecule has 0 aliphatic rings. The van der Waals surface area contributed by atoms with E-state index in [1.54, 1.807) is 60.2 Å². The van der Waals surface area contributed by atoms with Gasteiger partial charge in [-0.05, 0) is 53.1 Å². The lowest BCUT2D eigenvalue weighted by molar-refractivity contribution is 0.0600. The number of aromatic hydroxyl groups is 1. The van der Waals surface area contributed by atoms with Gasteiger partial charge in [0.2, 0.25) is 0 Å². The molecule has 0 aliphatic heterocycles. The molecule has 6 heteroatoms. The second kappa shape index (κ2) is 8.36. The molecule has 0 aliphatic carbocycles. The summed E-state index contributed by atoms with van der Waals surface area (Å²) in [5.41, 5.74) is 3.32. The molecule has 0 unspecified atom stereocenters. The molecule has 6 nitrogen and oxygen atoms in total. The maximum absolute atomic E-state index is 13.1. The zero-order valence-corrected chi connectivity index (χ0v) is 17.2. The number of methoxy groups -OCH3 is 2. The lowest BCUT2D eigenvalue weighted by Crippen LogP contribution is -2.21. The van der Waals surface area contributed by atoms with Gasteiger partial charge in [-0.1, -0.05) is 24.3 Å². The Morgan fingerprint density at radius 2 is 1.74 bits per heavy atom. The number of hydrogen-bond donors (Lipinski definition) is 1. The summed E-state index contributed by atoms with van der Waals surface area (Å²) in [6.45, 7) is 0.324. The maximum atomic E-state index is 13.1. The fourth-order valence-electron chi connectivity index (χ4n) is 3.61. The van der Waals surface area contributed by atoms with Crippen molar-refractivity contribution < 1.29 is 19.4 Å². The fraction of sp³-hybridized carbons (Fsp3) is 0.120. The van der Waals surface area contributed by atoms with E-state index < -0.39 is 5.97 Å².